The molecule has 1 heterocycles. The van der Waals surface area contributed by atoms with E-state index in [0.717, 1.165) is 24.9 Å². The molecule has 1 fully saturated rings. The van der Waals surface area contributed by atoms with Crippen molar-refractivity contribution >= 4 is 21.6 Å². The van der Waals surface area contributed by atoms with E-state index >= 15 is 0 Å². The molecule has 0 amide bonds. The second-order valence-corrected chi connectivity index (χ2v) is 6.56. The molecule has 2 rings (SSSR count). The minimum atomic E-state index is -0.0787. The lowest BCUT2D eigenvalue weighted by Gasteiger charge is -2.16. The van der Waals surface area contributed by atoms with Crippen LogP contribution in [0.5, 0.6) is 0 Å². The smallest absolute Gasteiger partial charge is 0.283 e. The van der Waals surface area contributed by atoms with E-state index in [-0.39, 0.29) is 5.56 Å². The lowest BCUT2D eigenvalue weighted by molar-refractivity contribution is 0.108. The van der Waals surface area contributed by atoms with Gasteiger partial charge in [0, 0.05) is 19.7 Å². The minimum Gasteiger partial charge on any atom is -0.381 e. The Hall–Kier alpha value is -0.880. The first kappa shape index (κ1) is 15.5. The topological polar surface area (TPSA) is 56.1 Å². The number of methoxy groups -OCH3 is 1. The zero-order chi connectivity index (χ0) is 14.7. The number of hydrogen-bond donors (Lipinski definition) is 1. The summed E-state index contributed by atoms with van der Waals surface area (Å²) >= 11 is 3.39. The summed E-state index contributed by atoms with van der Waals surface area (Å²) in [5.74, 6) is 0.392. The van der Waals surface area contributed by atoms with Crippen molar-refractivity contribution in [1.82, 2.24) is 9.78 Å². The molecule has 112 valence electrons. The van der Waals surface area contributed by atoms with Gasteiger partial charge in [-0.15, -0.1) is 0 Å². The molecule has 5 nitrogen and oxygen atoms in total. The fourth-order valence-electron chi connectivity index (χ4n) is 2.55. The largest absolute Gasteiger partial charge is 0.381 e. The molecule has 0 bridgehead atoms. The third-order valence-electron chi connectivity index (χ3n) is 3.60. The zero-order valence-electron chi connectivity index (χ0n) is 12.2. The van der Waals surface area contributed by atoms with Gasteiger partial charge >= 0.3 is 0 Å². The van der Waals surface area contributed by atoms with Crippen molar-refractivity contribution in [2.45, 2.75) is 51.8 Å². The van der Waals surface area contributed by atoms with Gasteiger partial charge in [-0.1, -0.05) is 13.8 Å². The number of aromatic nitrogens is 2. The highest BCUT2D eigenvalue weighted by Crippen LogP contribution is 2.26. The molecule has 2 unspecified atom stereocenters. The number of nitrogens with one attached hydrogen (secondary N) is 1. The van der Waals surface area contributed by atoms with Crippen LogP contribution >= 0.6 is 15.9 Å². The third-order valence-corrected chi connectivity index (χ3v) is 4.37. The van der Waals surface area contributed by atoms with E-state index in [1.807, 2.05) is 0 Å². The van der Waals surface area contributed by atoms with Crippen LogP contribution in [-0.4, -0.2) is 29.0 Å². The zero-order valence-corrected chi connectivity index (χ0v) is 13.8. The van der Waals surface area contributed by atoms with Gasteiger partial charge in [0.15, 0.2) is 0 Å². The van der Waals surface area contributed by atoms with Crippen molar-refractivity contribution in [1.29, 1.82) is 0 Å². The molecule has 0 aliphatic heterocycles. The highest BCUT2D eigenvalue weighted by Gasteiger charge is 2.25. The van der Waals surface area contributed by atoms with E-state index in [1.54, 1.807) is 13.3 Å². The van der Waals surface area contributed by atoms with Crippen LogP contribution in [0.3, 0.4) is 0 Å². The van der Waals surface area contributed by atoms with Crippen molar-refractivity contribution in [2.75, 3.05) is 12.4 Å². The number of ether oxygens (including phenoxy) is 1. The molecule has 1 N–H and O–H groups in total. The van der Waals surface area contributed by atoms with Crippen LogP contribution in [0, 0.1) is 5.92 Å². The van der Waals surface area contributed by atoms with Crippen LogP contribution in [0.15, 0.2) is 15.5 Å². The summed E-state index contributed by atoms with van der Waals surface area (Å²) in [5, 5.41) is 7.63. The summed E-state index contributed by atoms with van der Waals surface area (Å²) in [6.07, 6.45) is 5.14. The Morgan fingerprint density at radius 2 is 2.30 bits per heavy atom. The second kappa shape index (κ2) is 6.72. The lowest BCUT2D eigenvalue weighted by atomic mass is 10.2. The molecule has 0 spiro atoms. The Morgan fingerprint density at radius 3 is 2.90 bits per heavy atom. The summed E-state index contributed by atoms with van der Waals surface area (Å²) < 4.78 is 7.43. The van der Waals surface area contributed by atoms with Gasteiger partial charge in [-0.2, -0.15) is 5.10 Å². The molecule has 0 radical (unpaired) electrons. The Balaban J connectivity index is 2.10. The standard InChI is InChI=1S/C14H22BrN3O2/c1-9(2)8-18-14(19)13(15)12(7-16-18)17-10-4-5-11(6-10)20-3/h7,9-11,17H,4-6,8H2,1-3H3. The molecule has 1 aromatic rings. The van der Waals surface area contributed by atoms with E-state index in [0.29, 0.717) is 29.1 Å². The average Bonchev–Trinajstić information content (AvgIpc) is 2.86. The molecule has 2 atom stereocenters. The number of anilines is 1. The molecule has 1 saturated carbocycles. The quantitative estimate of drug-likeness (QED) is 0.892. The SMILES string of the molecule is COC1CCC(Nc2cnn(CC(C)C)c(=O)c2Br)C1. The molecule has 1 aliphatic rings. The van der Waals surface area contributed by atoms with Crippen LogP contribution in [0.4, 0.5) is 5.69 Å². The summed E-state index contributed by atoms with van der Waals surface area (Å²) in [7, 11) is 1.75. The first-order valence-corrected chi connectivity index (χ1v) is 7.85. The Kier molecular flexibility index (Phi) is 5.21. The fourth-order valence-corrected chi connectivity index (χ4v) is 2.97. The van der Waals surface area contributed by atoms with Gasteiger partial charge in [0.25, 0.3) is 5.56 Å². The fraction of sp³-hybridized carbons (Fsp3) is 0.714. The number of nitrogens with zero attached hydrogens (tertiary/aromatic N) is 2. The molecule has 1 aliphatic carbocycles. The van der Waals surface area contributed by atoms with Crippen molar-refractivity contribution < 1.29 is 4.74 Å². The maximum atomic E-state index is 12.2. The normalized spacial score (nSPS) is 22.4. The molecule has 0 aromatic carbocycles. The number of hydrogen-bond acceptors (Lipinski definition) is 4. The van der Waals surface area contributed by atoms with Gasteiger partial charge in [-0.3, -0.25) is 4.79 Å². The summed E-state index contributed by atoms with van der Waals surface area (Å²) in [6.45, 7) is 4.77. The maximum Gasteiger partial charge on any atom is 0.283 e. The van der Waals surface area contributed by atoms with Crippen LogP contribution in [0.1, 0.15) is 33.1 Å². The van der Waals surface area contributed by atoms with Crippen molar-refractivity contribution in [3.05, 3.63) is 21.0 Å². The summed E-state index contributed by atoms with van der Waals surface area (Å²) in [5.41, 5.74) is 0.696. The van der Waals surface area contributed by atoms with E-state index in [4.69, 9.17) is 4.74 Å². The maximum absolute atomic E-state index is 12.2. The summed E-state index contributed by atoms with van der Waals surface area (Å²) in [6, 6.07) is 0.346. The van der Waals surface area contributed by atoms with E-state index < -0.39 is 0 Å². The molecule has 20 heavy (non-hydrogen) atoms. The van der Waals surface area contributed by atoms with Gasteiger partial charge in [0.2, 0.25) is 0 Å². The van der Waals surface area contributed by atoms with E-state index in [1.165, 1.54) is 4.68 Å². The molecule has 6 heteroatoms. The first-order valence-electron chi connectivity index (χ1n) is 7.06. The van der Waals surface area contributed by atoms with Crippen LogP contribution < -0.4 is 10.9 Å². The Morgan fingerprint density at radius 1 is 1.55 bits per heavy atom. The predicted octanol–water partition coefficient (Wildman–Crippen LogP) is 2.64. The summed E-state index contributed by atoms with van der Waals surface area (Å²) in [4.78, 5) is 12.2. The monoisotopic (exact) mass is 343 g/mol. The van der Waals surface area contributed by atoms with Gasteiger partial charge in [-0.25, -0.2) is 4.68 Å². The highest BCUT2D eigenvalue weighted by molar-refractivity contribution is 9.10. The van der Waals surface area contributed by atoms with Crippen LogP contribution in [0.25, 0.3) is 0 Å². The predicted molar refractivity (Wildman–Crippen MR) is 83.1 cm³/mol. The number of halogens is 1. The molecular weight excluding hydrogens is 322 g/mol. The van der Waals surface area contributed by atoms with Gasteiger partial charge in [0.1, 0.15) is 4.47 Å². The van der Waals surface area contributed by atoms with E-state index in [2.05, 4.69) is 40.2 Å². The molecule has 0 saturated heterocycles. The van der Waals surface area contributed by atoms with Crippen molar-refractivity contribution in [3.63, 3.8) is 0 Å². The Bertz CT molecular complexity index is 516. The van der Waals surface area contributed by atoms with Crippen molar-refractivity contribution in [3.8, 4) is 0 Å². The second-order valence-electron chi connectivity index (χ2n) is 5.77. The van der Waals surface area contributed by atoms with Crippen LogP contribution in [0.2, 0.25) is 0 Å². The minimum absolute atomic E-state index is 0.0787. The van der Waals surface area contributed by atoms with Crippen LogP contribution in [-0.2, 0) is 11.3 Å². The lowest BCUT2D eigenvalue weighted by Crippen LogP contribution is -2.27. The highest BCUT2D eigenvalue weighted by atomic mass is 79.9. The Labute approximate surface area is 127 Å². The molecular formula is C14H22BrN3O2. The average molecular weight is 344 g/mol. The van der Waals surface area contributed by atoms with Gasteiger partial charge in [0.05, 0.1) is 18.0 Å². The molecule has 1 aromatic heterocycles. The third kappa shape index (κ3) is 3.61. The van der Waals surface area contributed by atoms with Crippen molar-refractivity contribution in [2.24, 2.45) is 5.92 Å². The first-order chi connectivity index (χ1) is 9.51. The van der Waals surface area contributed by atoms with E-state index in [9.17, 15) is 4.79 Å². The van der Waals surface area contributed by atoms with Gasteiger partial charge in [-0.05, 0) is 41.1 Å². The van der Waals surface area contributed by atoms with Gasteiger partial charge < -0.3 is 10.1 Å². The number of rotatable bonds is 5.